The number of rotatable bonds is 4. The predicted molar refractivity (Wildman–Crippen MR) is 64.5 cm³/mol. The average molecular weight is 240 g/mol. The van der Waals surface area contributed by atoms with E-state index in [0.717, 1.165) is 6.42 Å². The number of hydrogen-bond donors (Lipinski definition) is 1. The van der Waals surface area contributed by atoms with Gasteiger partial charge in [-0.3, -0.25) is 9.69 Å². The fourth-order valence-corrected chi connectivity index (χ4v) is 1.89. The maximum atomic E-state index is 11.6. The Hall–Kier alpha value is -1.52. The Morgan fingerprint density at radius 2 is 2.41 bits per heavy atom. The normalized spacial score (nSPS) is 20.1. The first-order valence-electron chi connectivity index (χ1n) is 5.85. The van der Waals surface area contributed by atoms with E-state index in [2.05, 4.69) is 25.7 Å². The van der Waals surface area contributed by atoms with Gasteiger partial charge in [0.1, 0.15) is 13.2 Å². The van der Waals surface area contributed by atoms with Gasteiger partial charge in [-0.25, -0.2) is 4.79 Å². The van der Waals surface area contributed by atoms with Gasteiger partial charge in [-0.15, -0.1) is 0 Å². The van der Waals surface area contributed by atoms with Crippen LogP contribution in [0.15, 0.2) is 12.7 Å². The molecule has 0 radical (unpaired) electrons. The molecule has 1 saturated heterocycles. The Morgan fingerprint density at radius 3 is 3.00 bits per heavy atom. The summed E-state index contributed by atoms with van der Waals surface area (Å²) in [6, 6.07) is 0.0209. The van der Waals surface area contributed by atoms with Crippen LogP contribution in [-0.2, 0) is 9.53 Å². The molecule has 5 heteroatoms. The Morgan fingerprint density at radius 1 is 1.71 bits per heavy atom. The second-order valence-corrected chi connectivity index (χ2v) is 4.64. The molecule has 96 valence electrons. The van der Waals surface area contributed by atoms with Crippen molar-refractivity contribution in [3.05, 3.63) is 12.7 Å². The van der Waals surface area contributed by atoms with Gasteiger partial charge in [-0.2, -0.15) is 0 Å². The summed E-state index contributed by atoms with van der Waals surface area (Å²) in [5, 5.41) is 2.88. The zero-order valence-corrected chi connectivity index (χ0v) is 10.4. The zero-order chi connectivity index (χ0) is 12.8. The minimum Gasteiger partial charge on any atom is -0.445 e. The molecule has 0 aromatic heterocycles. The lowest BCUT2D eigenvalue weighted by Crippen LogP contribution is -2.56. The van der Waals surface area contributed by atoms with E-state index in [1.807, 2.05) is 0 Å². The van der Waals surface area contributed by atoms with Crippen LogP contribution in [0.2, 0.25) is 0 Å². The molecule has 2 amide bonds. The fraction of sp³-hybridized carbons (Fsp3) is 0.667. The van der Waals surface area contributed by atoms with Gasteiger partial charge < -0.3 is 10.1 Å². The molecular formula is C12H20N2O3. The molecule has 0 aromatic carbocycles. The van der Waals surface area contributed by atoms with Gasteiger partial charge in [0, 0.05) is 12.6 Å². The summed E-state index contributed by atoms with van der Waals surface area (Å²) in [6.07, 6.45) is 1.92. The molecule has 1 atom stereocenters. The lowest BCUT2D eigenvalue weighted by atomic mass is 10.0. The van der Waals surface area contributed by atoms with Crippen molar-refractivity contribution in [2.24, 2.45) is 5.92 Å². The number of amides is 2. The number of piperazine rings is 1. The van der Waals surface area contributed by atoms with Crippen molar-refractivity contribution in [1.29, 1.82) is 0 Å². The molecule has 1 N–H and O–H groups in total. The molecule has 0 aliphatic carbocycles. The molecule has 0 spiro atoms. The summed E-state index contributed by atoms with van der Waals surface area (Å²) in [6.45, 7) is 8.40. The molecule has 1 fully saturated rings. The maximum Gasteiger partial charge on any atom is 0.410 e. The van der Waals surface area contributed by atoms with Crippen molar-refractivity contribution in [1.82, 2.24) is 10.2 Å². The van der Waals surface area contributed by atoms with Gasteiger partial charge in [0.2, 0.25) is 5.91 Å². The smallest absolute Gasteiger partial charge is 0.410 e. The van der Waals surface area contributed by atoms with Crippen molar-refractivity contribution in [2.45, 2.75) is 26.3 Å². The Kier molecular flexibility index (Phi) is 5.00. The number of hydrogen-bond acceptors (Lipinski definition) is 3. The van der Waals surface area contributed by atoms with E-state index in [9.17, 15) is 9.59 Å². The van der Waals surface area contributed by atoms with Crippen LogP contribution in [0.3, 0.4) is 0 Å². The third-order valence-electron chi connectivity index (χ3n) is 2.48. The Balaban J connectivity index is 2.52. The molecule has 1 aliphatic heterocycles. The molecular weight excluding hydrogens is 220 g/mol. The minimum absolute atomic E-state index is 0.0209. The summed E-state index contributed by atoms with van der Waals surface area (Å²) in [5.74, 6) is 0.349. The second-order valence-electron chi connectivity index (χ2n) is 4.64. The number of ether oxygens (including phenoxy) is 1. The average Bonchev–Trinajstić information content (AvgIpc) is 2.24. The molecule has 1 rings (SSSR count). The van der Waals surface area contributed by atoms with E-state index in [0.29, 0.717) is 12.5 Å². The number of nitrogens with zero attached hydrogens (tertiary/aromatic N) is 1. The molecule has 0 aromatic rings. The van der Waals surface area contributed by atoms with Crippen molar-refractivity contribution < 1.29 is 14.3 Å². The molecule has 0 saturated carbocycles. The van der Waals surface area contributed by atoms with E-state index in [1.165, 1.54) is 11.0 Å². The summed E-state index contributed by atoms with van der Waals surface area (Å²) < 4.78 is 4.92. The van der Waals surface area contributed by atoms with Crippen LogP contribution >= 0.6 is 0 Å². The van der Waals surface area contributed by atoms with Crippen LogP contribution in [0.1, 0.15) is 20.3 Å². The van der Waals surface area contributed by atoms with Gasteiger partial charge in [0.15, 0.2) is 0 Å². The minimum atomic E-state index is -0.450. The first-order chi connectivity index (χ1) is 8.02. The topological polar surface area (TPSA) is 58.6 Å². The number of carbonyl (C=O) groups is 2. The summed E-state index contributed by atoms with van der Waals surface area (Å²) >= 11 is 0. The SMILES string of the molecule is C=CCOC(=O)N1CC(=O)N[C@@H](CC(C)C)C1. The van der Waals surface area contributed by atoms with Crippen LogP contribution in [0.5, 0.6) is 0 Å². The van der Waals surface area contributed by atoms with Crippen LogP contribution in [0, 0.1) is 5.92 Å². The Labute approximate surface area is 102 Å². The van der Waals surface area contributed by atoms with Crippen LogP contribution in [0.25, 0.3) is 0 Å². The summed E-state index contributed by atoms with van der Waals surface area (Å²) in [7, 11) is 0. The van der Waals surface area contributed by atoms with Gasteiger partial charge in [0.05, 0.1) is 0 Å². The van der Waals surface area contributed by atoms with Gasteiger partial charge >= 0.3 is 6.09 Å². The number of nitrogens with one attached hydrogen (secondary N) is 1. The van der Waals surface area contributed by atoms with Gasteiger partial charge in [-0.05, 0) is 12.3 Å². The molecule has 0 bridgehead atoms. The van der Waals surface area contributed by atoms with E-state index in [-0.39, 0.29) is 25.1 Å². The van der Waals surface area contributed by atoms with Crippen molar-refractivity contribution >= 4 is 12.0 Å². The van der Waals surface area contributed by atoms with E-state index in [1.54, 1.807) is 0 Å². The highest BCUT2D eigenvalue weighted by molar-refractivity contribution is 5.83. The standard InChI is InChI=1S/C12H20N2O3/c1-4-5-17-12(16)14-7-10(6-9(2)3)13-11(15)8-14/h4,9-10H,1,5-8H2,2-3H3,(H,13,15)/t10-/m0/s1. The lowest BCUT2D eigenvalue weighted by molar-refractivity contribution is -0.125. The van der Waals surface area contributed by atoms with E-state index >= 15 is 0 Å². The fourth-order valence-electron chi connectivity index (χ4n) is 1.89. The molecule has 5 nitrogen and oxygen atoms in total. The predicted octanol–water partition coefficient (Wildman–Crippen LogP) is 1.16. The van der Waals surface area contributed by atoms with E-state index in [4.69, 9.17) is 4.74 Å². The van der Waals surface area contributed by atoms with Crippen molar-refractivity contribution in [3.8, 4) is 0 Å². The quantitative estimate of drug-likeness (QED) is 0.750. The highest BCUT2D eigenvalue weighted by Gasteiger charge is 2.28. The third-order valence-corrected chi connectivity index (χ3v) is 2.48. The lowest BCUT2D eigenvalue weighted by Gasteiger charge is -2.33. The van der Waals surface area contributed by atoms with E-state index < -0.39 is 6.09 Å². The van der Waals surface area contributed by atoms with Crippen molar-refractivity contribution in [2.75, 3.05) is 19.7 Å². The molecule has 1 heterocycles. The first kappa shape index (κ1) is 13.5. The highest BCUT2D eigenvalue weighted by atomic mass is 16.6. The monoisotopic (exact) mass is 240 g/mol. The second kappa shape index (κ2) is 6.27. The van der Waals surface area contributed by atoms with Crippen LogP contribution in [0.4, 0.5) is 4.79 Å². The molecule has 1 aliphatic rings. The maximum absolute atomic E-state index is 11.6. The third kappa shape index (κ3) is 4.46. The van der Waals surface area contributed by atoms with Crippen LogP contribution in [-0.4, -0.2) is 42.6 Å². The van der Waals surface area contributed by atoms with Gasteiger partial charge in [-0.1, -0.05) is 26.5 Å². The molecule has 17 heavy (non-hydrogen) atoms. The number of carbonyl (C=O) groups excluding carboxylic acids is 2. The van der Waals surface area contributed by atoms with Crippen molar-refractivity contribution in [3.63, 3.8) is 0 Å². The zero-order valence-electron chi connectivity index (χ0n) is 10.4. The van der Waals surface area contributed by atoms with Crippen LogP contribution < -0.4 is 5.32 Å². The largest absolute Gasteiger partial charge is 0.445 e. The highest BCUT2D eigenvalue weighted by Crippen LogP contribution is 2.10. The van der Waals surface area contributed by atoms with Gasteiger partial charge in [0.25, 0.3) is 0 Å². The molecule has 0 unspecified atom stereocenters. The first-order valence-corrected chi connectivity index (χ1v) is 5.85. The Bertz CT molecular complexity index is 302. The summed E-state index contributed by atoms with van der Waals surface area (Å²) in [5.41, 5.74) is 0. The summed E-state index contributed by atoms with van der Waals surface area (Å²) in [4.78, 5) is 24.5.